The smallest absolute Gasteiger partial charge is 0.201 e. The monoisotopic (exact) mass is 604 g/mol. The van der Waals surface area contributed by atoms with E-state index in [-0.39, 0.29) is 18.0 Å². The summed E-state index contributed by atoms with van der Waals surface area (Å²) in [4.78, 5) is 14.4. The van der Waals surface area contributed by atoms with Crippen molar-refractivity contribution in [2.75, 3.05) is 13.2 Å². The van der Waals surface area contributed by atoms with Crippen molar-refractivity contribution < 1.29 is 28.1 Å². The molecule has 5 aromatic rings. The van der Waals surface area contributed by atoms with Crippen LogP contribution in [-0.2, 0) is 16.1 Å². The van der Waals surface area contributed by atoms with Crippen LogP contribution in [0.15, 0.2) is 106 Å². The van der Waals surface area contributed by atoms with Crippen molar-refractivity contribution in [3.63, 3.8) is 0 Å². The van der Waals surface area contributed by atoms with Gasteiger partial charge in [-0.25, -0.2) is 0 Å². The van der Waals surface area contributed by atoms with Crippen LogP contribution < -0.4 is 19.6 Å². The molecule has 45 heavy (non-hydrogen) atoms. The quantitative estimate of drug-likeness (QED) is 0.167. The number of benzene rings is 4. The number of fused-ring (bicyclic) bond motifs is 1. The molecule has 2 saturated heterocycles. The molecule has 230 valence electrons. The fraction of sp³-hybridized carbons (Fsp3) is 0.289. The summed E-state index contributed by atoms with van der Waals surface area (Å²) in [5, 5.41) is 0.437. The van der Waals surface area contributed by atoms with Crippen molar-refractivity contribution in [2.24, 2.45) is 0 Å². The molecule has 0 aliphatic carbocycles. The highest BCUT2D eigenvalue weighted by atomic mass is 16.7. The van der Waals surface area contributed by atoms with Crippen LogP contribution in [0.5, 0.6) is 17.2 Å². The van der Waals surface area contributed by atoms with Crippen molar-refractivity contribution >= 4 is 11.0 Å². The Hall–Kier alpha value is -4.59. The molecule has 0 saturated carbocycles. The van der Waals surface area contributed by atoms with Gasteiger partial charge in [-0.15, -0.1) is 0 Å². The molecule has 0 radical (unpaired) electrons. The maximum atomic E-state index is 14.4. The van der Waals surface area contributed by atoms with Gasteiger partial charge in [0.05, 0.1) is 24.2 Å². The predicted molar refractivity (Wildman–Crippen MR) is 173 cm³/mol. The maximum absolute atomic E-state index is 14.4. The molecule has 2 aliphatic rings. The SMILES string of the molecule is O=c1c(-c2cccc(OC3CCCCO3)c2)c(-c2ccc(OCc3ccccc3)cc2)oc2ccc(OC3CCCCO3)cc12. The summed E-state index contributed by atoms with van der Waals surface area (Å²) in [5.74, 6) is 2.41. The van der Waals surface area contributed by atoms with Crippen LogP contribution in [-0.4, -0.2) is 25.8 Å². The highest BCUT2D eigenvalue weighted by Gasteiger charge is 2.22. The summed E-state index contributed by atoms with van der Waals surface area (Å²) in [5.41, 5.74) is 3.30. The van der Waals surface area contributed by atoms with Crippen LogP contribution in [0.1, 0.15) is 44.1 Å². The Bertz CT molecular complexity index is 1780. The minimum Gasteiger partial charge on any atom is -0.489 e. The van der Waals surface area contributed by atoms with Gasteiger partial charge in [-0.05, 0) is 91.4 Å². The van der Waals surface area contributed by atoms with Crippen molar-refractivity contribution in [1.82, 2.24) is 0 Å². The lowest BCUT2D eigenvalue weighted by molar-refractivity contribution is -0.106. The van der Waals surface area contributed by atoms with Gasteiger partial charge in [0, 0.05) is 18.4 Å². The third-order valence-electron chi connectivity index (χ3n) is 8.16. The van der Waals surface area contributed by atoms with E-state index in [1.54, 1.807) is 12.1 Å². The van der Waals surface area contributed by atoms with Crippen molar-refractivity contribution in [1.29, 1.82) is 0 Å². The van der Waals surface area contributed by atoms with E-state index in [1.165, 1.54) is 0 Å². The summed E-state index contributed by atoms with van der Waals surface area (Å²) in [6.45, 7) is 1.82. The number of hydrogen-bond acceptors (Lipinski definition) is 7. The fourth-order valence-electron chi connectivity index (χ4n) is 5.79. The van der Waals surface area contributed by atoms with Gasteiger partial charge in [-0.2, -0.15) is 0 Å². The molecule has 7 heteroatoms. The average Bonchev–Trinajstić information content (AvgIpc) is 3.09. The predicted octanol–water partition coefficient (Wildman–Crippen LogP) is 8.52. The summed E-state index contributed by atoms with van der Waals surface area (Å²) in [6, 6.07) is 30.6. The van der Waals surface area contributed by atoms with Crippen LogP contribution in [0.2, 0.25) is 0 Å². The van der Waals surface area contributed by atoms with E-state index in [0.29, 0.717) is 59.2 Å². The Morgan fingerprint density at radius 1 is 0.644 bits per heavy atom. The first-order valence-electron chi connectivity index (χ1n) is 15.7. The van der Waals surface area contributed by atoms with E-state index >= 15 is 0 Å². The molecule has 7 nitrogen and oxygen atoms in total. The number of hydrogen-bond donors (Lipinski definition) is 0. The molecule has 7 rings (SSSR count). The van der Waals surface area contributed by atoms with Gasteiger partial charge in [0.25, 0.3) is 0 Å². The Labute approximate surface area is 262 Å². The van der Waals surface area contributed by atoms with Gasteiger partial charge in [0.1, 0.15) is 35.2 Å². The lowest BCUT2D eigenvalue weighted by atomic mass is 9.98. The van der Waals surface area contributed by atoms with Crippen LogP contribution in [0.4, 0.5) is 0 Å². The minimum absolute atomic E-state index is 0.156. The second-order valence-corrected chi connectivity index (χ2v) is 11.4. The molecule has 1 aromatic heterocycles. The van der Waals surface area contributed by atoms with E-state index < -0.39 is 0 Å². The van der Waals surface area contributed by atoms with Crippen LogP contribution in [0, 0.1) is 0 Å². The molecule has 3 heterocycles. The highest BCUT2D eigenvalue weighted by Crippen LogP contribution is 2.36. The zero-order valence-electron chi connectivity index (χ0n) is 25.1. The molecule has 2 unspecified atom stereocenters. The standard InChI is InChI=1S/C38H36O7/c39-37-32-24-31(44-35-14-5-7-22-41-35)19-20-33(32)45-38(27-15-17-29(18-16-27)42-25-26-9-2-1-3-10-26)36(37)28-11-8-12-30(23-28)43-34-13-4-6-21-40-34/h1-3,8-12,15-20,23-24,34-35H,4-7,13-14,21-22,25H2. The van der Waals surface area contributed by atoms with Crippen LogP contribution in [0.25, 0.3) is 33.4 Å². The lowest BCUT2D eigenvalue weighted by Gasteiger charge is -2.24. The molecule has 0 bridgehead atoms. The molecular formula is C38H36O7. The zero-order chi connectivity index (χ0) is 30.4. The van der Waals surface area contributed by atoms with Gasteiger partial charge >= 0.3 is 0 Å². The Kier molecular flexibility index (Phi) is 8.80. The maximum Gasteiger partial charge on any atom is 0.201 e. The Morgan fingerprint density at radius 2 is 1.33 bits per heavy atom. The summed E-state index contributed by atoms with van der Waals surface area (Å²) >= 11 is 0. The van der Waals surface area contributed by atoms with Crippen molar-refractivity contribution in [3.05, 3.63) is 113 Å². The third-order valence-corrected chi connectivity index (χ3v) is 8.16. The van der Waals surface area contributed by atoms with Crippen molar-refractivity contribution in [3.8, 4) is 39.7 Å². The van der Waals surface area contributed by atoms with Crippen LogP contribution in [0.3, 0.4) is 0 Å². The first-order chi connectivity index (χ1) is 22.2. The Balaban J connectivity index is 1.25. The van der Waals surface area contributed by atoms with E-state index in [0.717, 1.165) is 55.4 Å². The zero-order valence-corrected chi connectivity index (χ0v) is 25.1. The number of ether oxygens (including phenoxy) is 5. The molecule has 2 atom stereocenters. The van der Waals surface area contributed by atoms with E-state index in [4.69, 9.17) is 28.1 Å². The second-order valence-electron chi connectivity index (χ2n) is 11.4. The molecule has 2 aliphatic heterocycles. The van der Waals surface area contributed by atoms with E-state index in [2.05, 4.69) is 0 Å². The molecule has 0 amide bonds. The van der Waals surface area contributed by atoms with Gasteiger partial charge in [-0.3, -0.25) is 4.79 Å². The second kappa shape index (κ2) is 13.6. The topological polar surface area (TPSA) is 76.4 Å². The summed E-state index contributed by atoms with van der Waals surface area (Å²) < 4.78 is 36.4. The molecular weight excluding hydrogens is 568 g/mol. The van der Waals surface area contributed by atoms with Gasteiger partial charge in [0.15, 0.2) is 12.6 Å². The minimum atomic E-state index is -0.319. The summed E-state index contributed by atoms with van der Waals surface area (Å²) in [7, 11) is 0. The number of rotatable bonds is 9. The lowest BCUT2D eigenvalue weighted by Crippen LogP contribution is -2.25. The van der Waals surface area contributed by atoms with Crippen LogP contribution >= 0.6 is 0 Å². The highest BCUT2D eigenvalue weighted by molar-refractivity contribution is 5.90. The third kappa shape index (κ3) is 6.90. The fourth-order valence-corrected chi connectivity index (χ4v) is 5.79. The normalized spacial score (nSPS) is 18.4. The van der Waals surface area contributed by atoms with Gasteiger partial charge in [-0.1, -0.05) is 42.5 Å². The van der Waals surface area contributed by atoms with Gasteiger partial charge < -0.3 is 28.1 Å². The van der Waals surface area contributed by atoms with E-state index in [1.807, 2.05) is 84.9 Å². The van der Waals surface area contributed by atoms with E-state index in [9.17, 15) is 4.79 Å². The first-order valence-corrected chi connectivity index (χ1v) is 15.7. The molecule has 4 aromatic carbocycles. The Morgan fingerprint density at radius 3 is 2.02 bits per heavy atom. The first kappa shape index (κ1) is 29.1. The molecule has 2 fully saturated rings. The van der Waals surface area contributed by atoms with Gasteiger partial charge in [0.2, 0.25) is 5.43 Å². The largest absolute Gasteiger partial charge is 0.489 e. The average molecular weight is 605 g/mol. The molecule has 0 N–H and O–H groups in total. The molecule has 0 spiro atoms. The summed E-state index contributed by atoms with van der Waals surface area (Å²) in [6.07, 6.45) is 5.21. The van der Waals surface area contributed by atoms with Crippen molar-refractivity contribution in [2.45, 2.75) is 57.7 Å².